The average molecular weight is 311 g/mol. The lowest BCUT2D eigenvalue weighted by Gasteiger charge is -2.26. The maximum absolute atomic E-state index is 12.5. The molecular formula is C16H25NO3S. The fourth-order valence-electron chi connectivity index (χ4n) is 2.73. The van der Waals surface area contributed by atoms with Gasteiger partial charge in [-0.15, -0.1) is 0 Å². The van der Waals surface area contributed by atoms with Crippen molar-refractivity contribution in [3.63, 3.8) is 0 Å². The highest BCUT2D eigenvalue weighted by atomic mass is 32.2. The van der Waals surface area contributed by atoms with Crippen molar-refractivity contribution < 1.29 is 13.5 Å². The molecule has 0 aromatic heterocycles. The number of nitrogens with zero attached hydrogens (tertiary/aromatic N) is 1. The Balaban J connectivity index is 2.05. The van der Waals surface area contributed by atoms with E-state index in [2.05, 4.69) is 20.8 Å². The number of hydrogen-bond acceptors (Lipinski definition) is 3. The Labute approximate surface area is 127 Å². The molecule has 118 valence electrons. The lowest BCUT2D eigenvalue weighted by atomic mass is 9.80. The van der Waals surface area contributed by atoms with Crippen molar-refractivity contribution in [1.82, 2.24) is 4.31 Å². The molecule has 1 unspecified atom stereocenters. The second-order valence-electron chi connectivity index (χ2n) is 6.94. The normalized spacial score (nSPS) is 20.9. The van der Waals surface area contributed by atoms with Gasteiger partial charge < -0.3 is 5.11 Å². The average Bonchev–Trinajstić information content (AvgIpc) is 2.89. The van der Waals surface area contributed by atoms with Crippen molar-refractivity contribution in [1.29, 1.82) is 0 Å². The first-order chi connectivity index (χ1) is 9.72. The van der Waals surface area contributed by atoms with Gasteiger partial charge in [0.05, 0.1) is 12.4 Å². The van der Waals surface area contributed by atoms with Crippen LogP contribution in [0.2, 0.25) is 0 Å². The number of benzene rings is 1. The minimum atomic E-state index is -3.25. The van der Waals surface area contributed by atoms with Gasteiger partial charge in [0.2, 0.25) is 10.0 Å². The molecule has 0 aliphatic carbocycles. The van der Waals surface area contributed by atoms with Crippen LogP contribution in [0.15, 0.2) is 24.3 Å². The largest absolute Gasteiger partial charge is 0.392 e. The first-order valence-electron chi connectivity index (χ1n) is 7.39. The van der Waals surface area contributed by atoms with Crippen molar-refractivity contribution in [3.8, 4) is 0 Å². The van der Waals surface area contributed by atoms with Gasteiger partial charge in [-0.1, -0.05) is 45.0 Å². The third-order valence-corrected chi connectivity index (χ3v) is 6.14. The van der Waals surface area contributed by atoms with E-state index in [4.69, 9.17) is 5.11 Å². The molecule has 1 aromatic rings. The molecule has 1 fully saturated rings. The Hall–Kier alpha value is -0.910. The second kappa shape index (κ2) is 6.07. The van der Waals surface area contributed by atoms with Crippen LogP contribution in [-0.4, -0.2) is 30.9 Å². The summed E-state index contributed by atoms with van der Waals surface area (Å²) in [7, 11) is -3.25. The molecule has 0 saturated carbocycles. The third-order valence-electron chi connectivity index (χ3n) is 4.32. The van der Waals surface area contributed by atoms with Crippen molar-refractivity contribution in [2.75, 3.05) is 13.1 Å². The molecule has 4 nitrogen and oxygen atoms in total. The molecule has 5 heteroatoms. The Morgan fingerprint density at radius 1 is 1.19 bits per heavy atom. The van der Waals surface area contributed by atoms with Gasteiger partial charge in [0.1, 0.15) is 0 Å². The molecule has 1 aromatic carbocycles. The van der Waals surface area contributed by atoms with Crippen LogP contribution in [0.25, 0.3) is 0 Å². The quantitative estimate of drug-likeness (QED) is 0.929. The monoisotopic (exact) mass is 311 g/mol. The molecule has 0 bridgehead atoms. The molecule has 0 radical (unpaired) electrons. The number of sulfonamides is 1. The summed E-state index contributed by atoms with van der Waals surface area (Å²) in [6.45, 7) is 7.73. The highest BCUT2D eigenvalue weighted by molar-refractivity contribution is 7.88. The van der Waals surface area contributed by atoms with Crippen LogP contribution in [0.3, 0.4) is 0 Å². The molecule has 1 heterocycles. The molecule has 1 aliphatic heterocycles. The molecule has 1 saturated heterocycles. The van der Waals surface area contributed by atoms with E-state index in [1.54, 1.807) is 28.6 Å². The van der Waals surface area contributed by atoms with E-state index in [-0.39, 0.29) is 17.8 Å². The first-order valence-corrected chi connectivity index (χ1v) is 9.00. The topological polar surface area (TPSA) is 57.6 Å². The summed E-state index contributed by atoms with van der Waals surface area (Å²) in [6.07, 6.45) is 0.937. The van der Waals surface area contributed by atoms with Crippen LogP contribution < -0.4 is 0 Å². The van der Waals surface area contributed by atoms with Crippen LogP contribution in [0.5, 0.6) is 0 Å². The highest BCUT2D eigenvalue weighted by Gasteiger charge is 2.36. The molecule has 2 rings (SSSR count). The van der Waals surface area contributed by atoms with Gasteiger partial charge in [-0.2, -0.15) is 0 Å². The number of aliphatic hydroxyl groups is 1. The number of hydrogen-bond donors (Lipinski definition) is 1. The predicted octanol–water partition coefficient (Wildman–Crippen LogP) is 2.38. The number of rotatable bonds is 4. The molecule has 0 amide bonds. The Kier molecular flexibility index (Phi) is 4.76. The van der Waals surface area contributed by atoms with E-state index in [1.807, 2.05) is 0 Å². The zero-order chi connectivity index (χ0) is 15.7. The van der Waals surface area contributed by atoms with E-state index < -0.39 is 10.0 Å². The summed E-state index contributed by atoms with van der Waals surface area (Å²) < 4.78 is 26.6. The van der Waals surface area contributed by atoms with Gasteiger partial charge in [0, 0.05) is 13.1 Å². The van der Waals surface area contributed by atoms with Gasteiger partial charge in [0.25, 0.3) is 0 Å². The fraction of sp³-hybridized carbons (Fsp3) is 0.625. The summed E-state index contributed by atoms with van der Waals surface area (Å²) >= 11 is 0. The molecular weight excluding hydrogens is 286 g/mol. The van der Waals surface area contributed by atoms with Crippen LogP contribution in [0, 0.1) is 11.3 Å². The molecule has 21 heavy (non-hydrogen) atoms. The maximum atomic E-state index is 12.5. The third kappa shape index (κ3) is 4.05. The summed E-state index contributed by atoms with van der Waals surface area (Å²) in [6, 6.07) is 7.10. The predicted molar refractivity (Wildman–Crippen MR) is 84.1 cm³/mol. The highest BCUT2D eigenvalue weighted by Crippen LogP contribution is 2.35. The summed E-state index contributed by atoms with van der Waals surface area (Å²) in [5.41, 5.74) is 1.71. The summed E-state index contributed by atoms with van der Waals surface area (Å²) in [5, 5.41) is 9.01. The van der Waals surface area contributed by atoms with Gasteiger partial charge in [-0.05, 0) is 28.9 Å². The molecule has 1 atom stereocenters. The zero-order valence-electron chi connectivity index (χ0n) is 13.0. The Morgan fingerprint density at radius 2 is 1.76 bits per heavy atom. The van der Waals surface area contributed by atoms with Gasteiger partial charge in [0.15, 0.2) is 0 Å². The van der Waals surface area contributed by atoms with E-state index in [0.29, 0.717) is 19.0 Å². The van der Waals surface area contributed by atoms with E-state index in [1.165, 1.54) is 0 Å². The standard InChI is InChI=1S/C16H25NO3S/c1-16(2,3)15-8-9-17(10-15)21(19,20)12-14-6-4-13(11-18)5-7-14/h4-7,15,18H,8-12H2,1-3H3. The van der Waals surface area contributed by atoms with Crippen LogP contribution in [0.4, 0.5) is 0 Å². The van der Waals surface area contributed by atoms with Crippen molar-refractivity contribution >= 4 is 10.0 Å². The molecule has 1 aliphatic rings. The maximum Gasteiger partial charge on any atom is 0.218 e. The van der Waals surface area contributed by atoms with Gasteiger partial charge in [-0.3, -0.25) is 0 Å². The Morgan fingerprint density at radius 3 is 2.24 bits per heavy atom. The lowest BCUT2D eigenvalue weighted by molar-refractivity contribution is 0.252. The van der Waals surface area contributed by atoms with Crippen molar-refractivity contribution in [2.24, 2.45) is 11.3 Å². The minimum absolute atomic E-state index is 0.0214. The van der Waals surface area contributed by atoms with Crippen molar-refractivity contribution in [3.05, 3.63) is 35.4 Å². The first kappa shape index (κ1) is 16.5. The molecule has 0 spiro atoms. The van der Waals surface area contributed by atoms with E-state index >= 15 is 0 Å². The number of aliphatic hydroxyl groups excluding tert-OH is 1. The zero-order valence-corrected chi connectivity index (χ0v) is 13.9. The van der Waals surface area contributed by atoms with E-state index in [0.717, 1.165) is 17.5 Å². The molecule has 1 N–H and O–H groups in total. The van der Waals surface area contributed by atoms with Gasteiger partial charge >= 0.3 is 0 Å². The van der Waals surface area contributed by atoms with E-state index in [9.17, 15) is 8.42 Å². The minimum Gasteiger partial charge on any atom is -0.392 e. The van der Waals surface area contributed by atoms with Crippen LogP contribution in [0.1, 0.15) is 38.3 Å². The van der Waals surface area contributed by atoms with Crippen LogP contribution in [-0.2, 0) is 22.4 Å². The SMILES string of the molecule is CC(C)(C)C1CCN(S(=O)(=O)Cc2ccc(CO)cc2)C1. The Bertz CT molecular complexity index is 573. The van der Waals surface area contributed by atoms with Gasteiger partial charge in [-0.25, -0.2) is 12.7 Å². The van der Waals surface area contributed by atoms with Crippen molar-refractivity contribution in [2.45, 2.75) is 39.6 Å². The second-order valence-corrected chi connectivity index (χ2v) is 8.91. The van der Waals surface area contributed by atoms with Crippen LogP contribution >= 0.6 is 0 Å². The lowest BCUT2D eigenvalue weighted by Crippen LogP contribution is -2.32. The smallest absolute Gasteiger partial charge is 0.218 e. The summed E-state index contributed by atoms with van der Waals surface area (Å²) in [5.74, 6) is 0.458. The fourth-order valence-corrected chi connectivity index (χ4v) is 4.32. The summed E-state index contributed by atoms with van der Waals surface area (Å²) in [4.78, 5) is 0.